The minimum absolute atomic E-state index is 0.984. The number of rotatable bonds is 2. The topological polar surface area (TPSA) is 13.1 Å². The summed E-state index contributed by atoms with van der Waals surface area (Å²) in [7, 11) is 0. The van der Waals surface area contributed by atoms with Gasteiger partial charge in [-0.15, -0.1) is 0 Å². The number of fused-ring (bicyclic) bond motifs is 1. The van der Waals surface area contributed by atoms with Gasteiger partial charge in [0.2, 0.25) is 0 Å². The Hall–Kier alpha value is -1.24. The molecule has 0 unspecified atom stereocenters. The van der Waals surface area contributed by atoms with Crippen molar-refractivity contribution >= 4 is 11.0 Å². The quantitative estimate of drug-likeness (QED) is 0.678. The minimum Gasteiger partial charge on any atom is -0.461 e. The number of furan rings is 1. The smallest absolute Gasteiger partial charge is 0.134 e. The molecule has 0 fully saturated rings. The van der Waals surface area contributed by atoms with Crippen LogP contribution in [0.1, 0.15) is 25.2 Å². The van der Waals surface area contributed by atoms with Crippen molar-refractivity contribution in [2.45, 2.75) is 26.7 Å². The van der Waals surface area contributed by atoms with Crippen LogP contribution in [0.15, 0.2) is 28.7 Å². The summed E-state index contributed by atoms with van der Waals surface area (Å²) in [6.45, 7) is 4.31. The summed E-state index contributed by atoms with van der Waals surface area (Å²) < 4.78 is 5.74. The van der Waals surface area contributed by atoms with Crippen LogP contribution in [0.25, 0.3) is 11.0 Å². The Morgan fingerprint density at radius 3 is 2.54 bits per heavy atom. The molecule has 0 aliphatic carbocycles. The summed E-state index contributed by atoms with van der Waals surface area (Å²) in [5, 5.41) is 1.28. The molecule has 1 nitrogen and oxygen atoms in total. The molecule has 1 heteroatoms. The molecule has 1 heterocycles. The second-order valence-corrected chi connectivity index (χ2v) is 3.21. The zero-order chi connectivity index (χ0) is 9.26. The zero-order valence-electron chi connectivity index (χ0n) is 8.13. The Kier molecular flexibility index (Phi) is 2.09. The maximum absolute atomic E-state index is 5.74. The fourth-order valence-electron chi connectivity index (χ4n) is 1.82. The lowest BCUT2D eigenvalue weighted by molar-refractivity contribution is 0.551. The highest BCUT2D eigenvalue weighted by atomic mass is 16.3. The van der Waals surface area contributed by atoms with E-state index < -0.39 is 0 Å². The average molecular weight is 174 g/mol. The molecular weight excluding hydrogens is 160 g/mol. The van der Waals surface area contributed by atoms with E-state index in [1.165, 1.54) is 10.9 Å². The van der Waals surface area contributed by atoms with E-state index in [2.05, 4.69) is 26.0 Å². The molecule has 0 bridgehead atoms. The largest absolute Gasteiger partial charge is 0.461 e. The molecule has 0 spiro atoms. The molecule has 1 aromatic heterocycles. The van der Waals surface area contributed by atoms with Gasteiger partial charge in [0.25, 0.3) is 0 Å². The predicted molar refractivity (Wildman–Crippen MR) is 55.0 cm³/mol. The van der Waals surface area contributed by atoms with Crippen LogP contribution in [0.5, 0.6) is 0 Å². The number of hydrogen-bond acceptors (Lipinski definition) is 1. The fraction of sp³-hybridized carbons (Fsp3) is 0.333. The van der Waals surface area contributed by atoms with Gasteiger partial charge in [0.15, 0.2) is 0 Å². The standard InChI is InChI=1S/C12H14O/c1-3-9-10-7-5-6-8-12(10)13-11(9)4-2/h5-8H,3-4H2,1-2H3. The summed E-state index contributed by atoms with van der Waals surface area (Å²) in [4.78, 5) is 0. The monoisotopic (exact) mass is 174 g/mol. The van der Waals surface area contributed by atoms with Crippen LogP contribution >= 0.6 is 0 Å². The molecule has 13 heavy (non-hydrogen) atoms. The van der Waals surface area contributed by atoms with E-state index in [0.717, 1.165) is 24.2 Å². The fourth-order valence-corrected chi connectivity index (χ4v) is 1.82. The van der Waals surface area contributed by atoms with Gasteiger partial charge in [-0.3, -0.25) is 0 Å². The first-order valence-corrected chi connectivity index (χ1v) is 4.86. The number of para-hydroxylation sites is 1. The van der Waals surface area contributed by atoms with E-state index >= 15 is 0 Å². The van der Waals surface area contributed by atoms with E-state index in [-0.39, 0.29) is 0 Å². The van der Waals surface area contributed by atoms with Crippen molar-refractivity contribution in [2.75, 3.05) is 0 Å². The van der Waals surface area contributed by atoms with Crippen LogP contribution in [-0.2, 0) is 12.8 Å². The maximum Gasteiger partial charge on any atom is 0.134 e. The molecule has 0 saturated heterocycles. The van der Waals surface area contributed by atoms with E-state index in [4.69, 9.17) is 4.42 Å². The summed E-state index contributed by atoms with van der Waals surface area (Å²) >= 11 is 0. The van der Waals surface area contributed by atoms with Gasteiger partial charge in [0.1, 0.15) is 11.3 Å². The highest BCUT2D eigenvalue weighted by molar-refractivity contribution is 5.82. The van der Waals surface area contributed by atoms with Crippen molar-refractivity contribution in [3.05, 3.63) is 35.6 Å². The summed E-state index contributed by atoms with van der Waals surface area (Å²) in [6, 6.07) is 8.26. The zero-order valence-corrected chi connectivity index (χ0v) is 8.13. The van der Waals surface area contributed by atoms with E-state index in [1.54, 1.807) is 0 Å². The van der Waals surface area contributed by atoms with Crippen molar-refractivity contribution in [2.24, 2.45) is 0 Å². The highest BCUT2D eigenvalue weighted by Gasteiger charge is 2.09. The molecule has 0 radical (unpaired) electrons. The first-order valence-electron chi connectivity index (χ1n) is 4.86. The summed E-state index contributed by atoms with van der Waals surface area (Å²) in [6.07, 6.45) is 2.04. The molecule has 68 valence electrons. The van der Waals surface area contributed by atoms with Crippen molar-refractivity contribution in [1.29, 1.82) is 0 Å². The SMILES string of the molecule is CCc1oc2ccccc2c1CC. The molecule has 2 aromatic rings. The maximum atomic E-state index is 5.74. The van der Waals surface area contributed by atoms with Crippen molar-refractivity contribution in [1.82, 2.24) is 0 Å². The average Bonchev–Trinajstić information content (AvgIpc) is 2.55. The molecule has 0 amide bonds. The van der Waals surface area contributed by atoms with Crippen LogP contribution < -0.4 is 0 Å². The lowest BCUT2D eigenvalue weighted by Crippen LogP contribution is -1.83. The van der Waals surface area contributed by atoms with Gasteiger partial charge in [0.05, 0.1) is 0 Å². The summed E-state index contributed by atoms with van der Waals surface area (Å²) in [5.41, 5.74) is 2.40. The predicted octanol–water partition coefficient (Wildman–Crippen LogP) is 3.56. The first kappa shape index (κ1) is 8.36. The van der Waals surface area contributed by atoms with Gasteiger partial charge in [-0.05, 0) is 12.5 Å². The number of hydrogen-bond donors (Lipinski definition) is 0. The molecule has 0 aliphatic rings. The number of aryl methyl sites for hydroxylation is 2. The Morgan fingerprint density at radius 1 is 1.08 bits per heavy atom. The molecule has 1 aromatic carbocycles. The Labute approximate surface area is 78.4 Å². The van der Waals surface area contributed by atoms with Gasteiger partial charge in [-0.1, -0.05) is 32.0 Å². The van der Waals surface area contributed by atoms with Crippen LogP contribution in [0.3, 0.4) is 0 Å². The summed E-state index contributed by atoms with van der Waals surface area (Å²) in [5.74, 6) is 1.14. The highest BCUT2D eigenvalue weighted by Crippen LogP contribution is 2.26. The van der Waals surface area contributed by atoms with Crippen LogP contribution in [-0.4, -0.2) is 0 Å². The van der Waals surface area contributed by atoms with Gasteiger partial charge in [-0.2, -0.15) is 0 Å². The second-order valence-electron chi connectivity index (χ2n) is 3.21. The molecule has 0 saturated carbocycles. The van der Waals surface area contributed by atoms with Crippen LogP contribution in [0, 0.1) is 0 Å². The first-order chi connectivity index (χ1) is 6.36. The van der Waals surface area contributed by atoms with Crippen LogP contribution in [0.4, 0.5) is 0 Å². The van der Waals surface area contributed by atoms with E-state index in [0.29, 0.717) is 0 Å². The van der Waals surface area contributed by atoms with Crippen molar-refractivity contribution in [3.8, 4) is 0 Å². The molecular formula is C12H14O. The van der Waals surface area contributed by atoms with Crippen LogP contribution in [0.2, 0.25) is 0 Å². The van der Waals surface area contributed by atoms with Gasteiger partial charge >= 0.3 is 0 Å². The normalized spacial score (nSPS) is 10.9. The molecule has 0 atom stereocenters. The Bertz CT molecular complexity index is 412. The van der Waals surface area contributed by atoms with E-state index in [1.807, 2.05) is 12.1 Å². The second kappa shape index (κ2) is 3.25. The molecule has 0 aliphatic heterocycles. The third kappa shape index (κ3) is 1.24. The van der Waals surface area contributed by atoms with Gasteiger partial charge in [-0.25, -0.2) is 0 Å². The Balaban J connectivity index is 2.73. The number of benzene rings is 1. The third-order valence-electron chi connectivity index (χ3n) is 2.46. The van der Waals surface area contributed by atoms with E-state index in [9.17, 15) is 0 Å². The van der Waals surface area contributed by atoms with Gasteiger partial charge in [0, 0.05) is 17.4 Å². The molecule has 0 N–H and O–H groups in total. The third-order valence-corrected chi connectivity index (χ3v) is 2.46. The van der Waals surface area contributed by atoms with Crippen molar-refractivity contribution in [3.63, 3.8) is 0 Å². The van der Waals surface area contributed by atoms with Crippen molar-refractivity contribution < 1.29 is 4.42 Å². The van der Waals surface area contributed by atoms with Gasteiger partial charge < -0.3 is 4.42 Å². The molecule has 2 rings (SSSR count). The lowest BCUT2D eigenvalue weighted by Gasteiger charge is -1.94. The Morgan fingerprint density at radius 2 is 1.85 bits per heavy atom. The lowest BCUT2D eigenvalue weighted by atomic mass is 10.1. The minimum atomic E-state index is 0.984.